The van der Waals surface area contributed by atoms with Crippen molar-refractivity contribution in [1.29, 1.82) is 0 Å². The second-order valence-corrected chi connectivity index (χ2v) is 12.1. The third-order valence-corrected chi connectivity index (χ3v) is 8.98. The van der Waals surface area contributed by atoms with Crippen LogP contribution in [-0.2, 0) is 19.6 Å². The third-order valence-electron chi connectivity index (χ3n) is 7.21. The van der Waals surface area contributed by atoms with Crippen LogP contribution in [0.5, 0.6) is 23.0 Å². The molecule has 0 radical (unpaired) electrons. The first kappa shape index (κ1) is 33.1. The van der Waals surface area contributed by atoms with Gasteiger partial charge in [0, 0.05) is 12.1 Å². The maximum atomic E-state index is 13.8. The lowest BCUT2D eigenvalue weighted by atomic mass is 9.95. The van der Waals surface area contributed by atoms with Gasteiger partial charge in [0.2, 0.25) is 0 Å². The minimum Gasteiger partial charge on any atom is -0.497 e. The Morgan fingerprint density at radius 2 is 1.51 bits per heavy atom. The van der Waals surface area contributed by atoms with E-state index in [9.17, 15) is 18.0 Å². The number of hydrogen-bond donors (Lipinski definition) is 2. The Hall–Kier alpha value is -4.78. The van der Waals surface area contributed by atoms with Crippen LogP contribution in [0.2, 0.25) is 0 Å². The van der Waals surface area contributed by atoms with E-state index in [0.29, 0.717) is 22.8 Å². The Kier molecular flexibility index (Phi) is 11.6. The molecule has 45 heavy (non-hydrogen) atoms. The van der Waals surface area contributed by atoms with Crippen LogP contribution in [0.15, 0.2) is 76.7 Å². The summed E-state index contributed by atoms with van der Waals surface area (Å²) in [6.45, 7) is -0.632. The van der Waals surface area contributed by atoms with Crippen LogP contribution in [-0.4, -0.2) is 67.0 Å². The number of amides is 2. The van der Waals surface area contributed by atoms with E-state index in [1.165, 1.54) is 64.3 Å². The average Bonchev–Trinajstić information content (AvgIpc) is 3.07. The van der Waals surface area contributed by atoms with Crippen molar-refractivity contribution in [3.8, 4) is 23.0 Å². The Morgan fingerprint density at radius 1 is 0.844 bits per heavy atom. The number of carbonyl (C=O) groups excluding carboxylic acids is 2. The Balaban J connectivity index is 1.39. The van der Waals surface area contributed by atoms with Crippen LogP contribution in [0.1, 0.15) is 37.7 Å². The van der Waals surface area contributed by atoms with Crippen molar-refractivity contribution >= 4 is 33.7 Å². The third kappa shape index (κ3) is 9.11. The molecule has 1 aliphatic carbocycles. The van der Waals surface area contributed by atoms with Crippen molar-refractivity contribution < 1.29 is 37.0 Å². The van der Waals surface area contributed by atoms with E-state index in [1.807, 2.05) is 0 Å². The van der Waals surface area contributed by atoms with Crippen molar-refractivity contribution in [2.75, 3.05) is 38.8 Å². The van der Waals surface area contributed by atoms with Crippen LogP contribution < -0.4 is 34.0 Å². The summed E-state index contributed by atoms with van der Waals surface area (Å²) in [6.07, 6.45) is 6.90. The lowest BCUT2D eigenvalue weighted by Crippen LogP contribution is -2.39. The summed E-state index contributed by atoms with van der Waals surface area (Å²) in [6, 6.07) is 17.5. The standard InChI is InChI=1S/C32H38N4O8S/c1-41-26-15-11-25(12-16-26)36(45(39,40)28-17-18-29(42-2)30(19-28)43-3)21-31(37)35-33-20-23-9-13-27(14-10-23)44-22-32(38)34-24-7-5-4-6-8-24/h9-20,24H,4-8,21-22H2,1-3H3,(H,34,38)(H,35,37)/b33-20-. The molecule has 4 rings (SSSR count). The molecule has 3 aromatic rings. The molecule has 0 aromatic heterocycles. The molecule has 12 nitrogen and oxygen atoms in total. The summed E-state index contributed by atoms with van der Waals surface area (Å²) in [4.78, 5) is 25.0. The minimum atomic E-state index is -4.23. The highest BCUT2D eigenvalue weighted by molar-refractivity contribution is 7.92. The number of hydrogen-bond acceptors (Lipinski definition) is 9. The lowest BCUT2D eigenvalue weighted by Gasteiger charge is -2.24. The summed E-state index contributed by atoms with van der Waals surface area (Å²) in [7, 11) is 0.118. The van der Waals surface area contributed by atoms with Gasteiger partial charge in [0.1, 0.15) is 18.0 Å². The van der Waals surface area contributed by atoms with E-state index in [1.54, 1.807) is 36.4 Å². The Bertz CT molecular complexity index is 1570. The first-order chi connectivity index (χ1) is 21.7. The number of rotatable bonds is 14. The first-order valence-electron chi connectivity index (χ1n) is 14.5. The van der Waals surface area contributed by atoms with Crippen molar-refractivity contribution in [3.63, 3.8) is 0 Å². The fraction of sp³-hybridized carbons (Fsp3) is 0.344. The molecule has 240 valence electrons. The SMILES string of the molecule is COc1ccc(N(CC(=O)N/N=C\c2ccc(OCC(=O)NC3CCCCC3)cc2)S(=O)(=O)c2ccc(OC)c(OC)c2)cc1. The number of sulfonamides is 1. The first-order valence-corrected chi connectivity index (χ1v) is 15.9. The molecule has 0 saturated heterocycles. The smallest absolute Gasteiger partial charge is 0.264 e. The summed E-state index contributed by atoms with van der Waals surface area (Å²) < 4.78 is 49.8. The molecule has 0 atom stereocenters. The highest BCUT2D eigenvalue weighted by Crippen LogP contribution is 2.32. The number of hydrazone groups is 1. The van der Waals surface area contributed by atoms with Gasteiger partial charge >= 0.3 is 0 Å². The van der Waals surface area contributed by atoms with Crippen molar-refractivity contribution in [1.82, 2.24) is 10.7 Å². The number of anilines is 1. The van der Waals surface area contributed by atoms with Crippen molar-refractivity contribution in [2.24, 2.45) is 5.10 Å². The average molecular weight is 639 g/mol. The predicted molar refractivity (Wildman–Crippen MR) is 170 cm³/mol. The van der Waals surface area contributed by atoms with Crippen LogP contribution >= 0.6 is 0 Å². The maximum absolute atomic E-state index is 13.8. The normalized spacial score (nSPS) is 13.6. The zero-order chi connectivity index (χ0) is 32.2. The quantitative estimate of drug-likeness (QED) is 0.200. The number of carbonyl (C=O) groups is 2. The molecular weight excluding hydrogens is 600 g/mol. The van der Waals surface area contributed by atoms with Crippen LogP contribution in [0, 0.1) is 0 Å². The van der Waals surface area contributed by atoms with Gasteiger partial charge < -0.3 is 24.3 Å². The Morgan fingerprint density at radius 3 is 2.16 bits per heavy atom. The molecule has 1 aliphatic rings. The highest BCUT2D eigenvalue weighted by atomic mass is 32.2. The van der Waals surface area contributed by atoms with Gasteiger partial charge in [-0.1, -0.05) is 19.3 Å². The van der Waals surface area contributed by atoms with E-state index in [-0.39, 0.29) is 34.9 Å². The maximum Gasteiger partial charge on any atom is 0.264 e. The number of nitrogens with zero attached hydrogens (tertiary/aromatic N) is 2. The van der Waals surface area contributed by atoms with Gasteiger partial charge in [0.15, 0.2) is 18.1 Å². The summed E-state index contributed by atoms with van der Waals surface area (Å²) in [5.41, 5.74) is 3.28. The van der Waals surface area contributed by atoms with E-state index in [0.717, 1.165) is 30.0 Å². The second-order valence-electron chi connectivity index (χ2n) is 10.3. The largest absolute Gasteiger partial charge is 0.497 e. The zero-order valence-electron chi connectivity index (χ0n) is 25.5. The molecule has 0 heterocycles. The number of nitrogens with one attached hydrogen (secondary N) is 2. The van der Waals surface area contributed by atoms with Gasteiger partial charge in [-0.15, -0.1) is 0 Å². The molecule has 13 heteroatoms. The topological polar surface area (TPSA) is 145 Å². The van der Waals surface area contributed by atoms with Crippen LogP contribution in [0.25, 0.3) is 0 Å². The molecule has 0 spiro atoms. The van der Waals surface area contributed by atoms with Gasteiger partial charge in [-0.2, -0.15) is 5.10 Å². The van der Waals surface area contributed by atoms with E-state index >= 15 is 0 Å². The Labute approximate surface area is 263 Å². The highest BCUT2D eigenvalue weighted by Gasteiger charge is 2.28. The van der Waals surface area contributed by atoms with Gasteiger partial charge in [0.25, 0.3) is 21.8 Å². The van der Waals surface area contributed by atoms with Gasteiger partial charge in [-0.25, -0.2) is 13.8 Å². The number of benzene rings is 3. The summed E-state index contributed by atoms with van der Waals surface area (Å²) in [5, 5.41) is 7.00. The molecule has 0 unspecified atom stereocenters. The fourth-order valence-electron chi connectivity index (χ4n) is 4.83. The number of ether oxygens (including phenoxy) is 4. The van der Waals surface area contributed by atoms with Gasteiger partial charge in [-0.3, -0.25) is 13.9 Å². The molecule has 2 N–H and O–H groups in total. The van der Waals surface area contributed by atoms with Crippen molar-refractivity contribution in [2.45, 2.75) is 43.0 Å². The molecule has 1 saturated carbocycles. The van der Waals surface area contributed by atoms with Crippen LogP contribution in [0.4, 0.5) is 5.69 Å². The predicted octanol–water partition coefficient (Wildman–Crippen LogP) is 3.89. The second kappa shape index (κ2) is 15.8. The summed E-state index contributed by atoms with van der Waals surface area (Å²) in [5.74, 6) is 0.809. The number of methoxy groups -OCH3 is 3. The zero-order valence-corrected chi connectivity index (χ0v) is 26.3. The minimum absolute atomic E-state index is 0.0725. The molecule has 0 bridgehead atoms. The van der Waals surface area contributed by atoms with Gasteiger partial charge in [0.05, 0.1) is 38.1 Å². The van der Waals surface area contributed by atoms with Gasteiger partial charge in [-0.05, 0) is 79.1 Å². The summed E-state index contributed by atoms with van der Waals surface area (Å²) >= 11 is 0. The molecule has 1 fully saturated rings. The van der Waals surface area contributed by atoms with Crippen LogP contribution in [0.3, 0.4) is 0 Å². The van der Waals surface area contributed by atoms with E-state index < -0.39 is 22.5 Å². The fourth-order valence-corrected chi connectivity index (χ4v) is 6.26. The lowest BCUT2D eigenvalue weighted by molar-refractivity contribution is -0.124. The monoisotopic (exact) mass is 638 g/mol. The molecule has 3 aromatic carbocycles. The molecular formula is C32H38N4O8S. The van der Waals surface area contributed by atoms with Crippen molar-refractivity contribution in [3.05, 3.63) is 72.3 Å². The van der Waals surface area contributed by atoms with E-state index in [4.69, 9.17) is 18.9 Å². The molecule has 2 amide bonds. The van der Waals surface area contributed by atoms with E-state index in [2.05, 4.69) is 15.8 Å². The molecule has 0 aliphatic heterocycles.